The molecular formula is C18H23N3O5. The molecule has 1 atom stereocenters. The zero-order valence-electron chi connectivity index (χ0n) is 14.6. The average Bonchev–Trinajstić information content (AvgIpc) is 2.56. The van der Waals surface area contributed by atoms with Crippen LogP contribution in [0, 0.1) is 0 Å². The molecule has 1 aromatic rings. The van der Waals surface area contributed by atoms with E-state index in [0.29, 0.717) is 30.8 Å². The number of carboxylic acid groups (broad SMARTS) is 1. The summed E-state index contributed by atoms with van der Waals surface area (Å²) in [5.74, 6) is -0.862. The lowest BCUT2D eigenvalue weighted by Crippen LogP contribution is -2.55. The van der Waals surface area contributed by atoms with E-state index in [1.165, 1.54) is 0 Å². The van der Waals surface area contributed by atoms with Crippen molar-refractivity contribution in [2.75, 3.05) is 18.4 Å². The maximum absolute atomic E-state index is 12.2. The second-order valence-corrected chi connectivity index (χ2v) is 6.64. The number of hydrogen-bond donors (Lipinski definition) is 3. The van der Waals surface area contributed by atoms with Crippen molar-refractivity contribution in [1.29, 1.82) is 0 Å². The fourth-order valence-corrected chi connectivity index (χ4v) is 3.36. The Labute approximate surface area is 151 Å². The molecule has 8 heteroatoms. The first-order valence-electron chi connectivity index (χ1n) is 8.78. The van der Waals surface area contributed by atoms with Gasteiger partial charge in [-0.15, -0.1) is 0 Å². The van der Waals surface area contributed by atoms with Crippen LogP contribution in [-0.2, 0) is 14.4 Å². The van der Waals surface area contributed by atoms with Gasteiger partial charge >= 0.3 is 5.97 Å². The molecule has 3 N–H and O–H groups in total. The van der Waals surface area contributed by atoms with Crippen LogP contribution in [0.25, 0.3) is 0 Å². The third kappa shape index (κ3) is 4.13. The van der Waals surface area contributed by atoms with E-state index in [2.05, 4.69) is 10.6 Å². The molecule has 0 bridgehead atoms. The van der Waals surface area contributed by atoms with Crippen LogP contribution in [0.2, 0.25) is 0 Å². The summed E-state index contributed by atoms with van der Waals surface area (Å²) in [4.78, 5) is 37.0. The molecule has 8 nitrogen and oxygen atoms in total. The SMILES string of the molecule is CCN(CC(=O)O)C1CC(NC(=O)CC2Oc3ccccc3NC2=O)C1. The van der Waals surface area contributed by atoms with Gasteiger partial charge in [-0.3, -0.25) is 19.3 Å². The first-order chi connectivity index (χ1) is 12.5. The van der Waals surface area contributed by atoms with Crippen LogP contribution >= 0.6 is 0 Å². The van der Waals surface area contributed by atoms with Crippen molar-refractivity contribution in [3.05, 3.63) is 24.3 Å². The van der Waals surface area contributed by atoms with Crippen LogP contribution in [0.3, 0.4) is 0 Å². The van der Waals surface area contributed by atoms with E-state index >= 15 is 0 Å². The number of fused-ring (bicyclic) bond motifs is 1. The molecule has 1 aliphatic heterocycles. The Balaban J connectivity index is 1.46. The number of anilines is 1. The molecule has 0 radical (unpaired) electrons. The van der Waals surface area contributed by atoms with Gasteiger partial charge in [-0.25, -0.2) is 0 Å². The van der Waals surface area contributed by atoms with Crippen LogP contribution in [0.15, 0.2) is 24.3 Å². The summed E-state index contributed by atoms with van der Waals surface area (Å²) in [6, 6.07) is 7.27. The van der Waals surface area contributed by atoms with Gasteiger partial charge in [0.1, 0.15) is 5.75 Å². The Morgan fingerprint density at radius 2 is 2.08 bits per heavy atom. The smallest absolute Gasteiger partial charge is 0.317 e. The number of hydrogen-bond acceptors (Lipinski definition) is 5. The number of ether oxygens (including phenoxy) is 1. The summed E-state index contributed by atoms with van der Waals surface area (Å²) in [5.41, 5.74) is 0.606. The fraction of sp³-hybridized carbons (Fsp3) is 0.500. The summed E-state index contributed by atoms with van der Waals surface area (Å²) in [6.45, 7) is 2.59. The zero-order valence-corrected chi connectivity index (χ0v) is 14.6. The van der Waals surface area contributed by atoms with Gasteiger partial charge < -0.3 is 20.5 Å². The highest BCUT2D eigenvalue weighted by Crippen LogP contribution is 2.30. The Hall–Kier alpha value is -2.61. The Morgan fingerprint density at radius 3 is 2.77 bits per heavy atom. The lowest BCUT2D eigenvalue weighted by atomic mass is 9.85. The van der Waals surface area contributed by atoms with E-state index in [-0.39, 0.29) is 36.9 Å². The molecule has 3 rings (SSSR count). The number of para-hydroxylation sites is 2. The van der Waals surface area contributed by atoms with Crippen LogP contribution in [0.5, 0.6) is 5.75 Å². The van der Waals surface area contributed by atoms with Gasteiger partial charge in [0.05, 0.1) is 18.7 Å². The summed E-state index contributed by atoms with van der Waals surface area (Å²) in [7, 11) is 0. The van der Waals surface area contributed by atoms with Crippen molar-refractivity contribution in [2.24, 2.45) is 0 Å². The van der Waals surface area contributed by atoms with Crippen molar-refractivity contribution >= 4 is 23.5 Å². The molecule has 2 aliphatic rings. The molecule has 1 heterocycles. The molecule has 1 aromatic carbocycles. The number of aliphatic carboxylic acids is 1. The van der Waals surface area contributed by atoms with Crippen molar-refractivity contribution in [3.63, 3.8) is 0 Å². The van der Waals surface area contributed by atoms with E-state index in [9.17, 15) is 14.4 Å². The van der Waals surface area contributed by atoms with E-state index < -0.39 is 12.1 Å². The van der Waals surface area contributed by atoms with Gasteiger partial charge in [-0.1, -0.05) is 19.1 Å². The van der Waals surface area contributed by atoms with Crippen molar-refractivity contribution in [2.45, 2.75) is 44.4 Å². The number of carbonyl (C=O) groups is 3. The number of nitrogens with one attached hydrogen (secondary N) is 2. The van der Waals surface area contributed by atoms with Gasteiger partial charge in [0.15, 0.2) is 6.10 Å². The van der Waals surface area contributed by atoms with Gasteiger partial charge in [0, 0.05) is 12.1 Å². The molecule has 0 spiro atoms. The molecule has 1 unspecified atom stereocenters. The minimum Gasteiger partial charge on any atom is -0.480 e. The van der Waals surface area contributed by atoms with Crippen LogP contribution in [0.1, 0.15) is 26.2 Å². The van der Waals surface area contributed by atoms with E-state index in [1.807, 2.05) is 11.8 Å². The lowest BCUT2D eigenvalue weighted by Gasteiger charge is -2.42. The zero-order chi connectivity index (χ0) is 18.7. The third-order valence-electron chi connectivity index (χ3n) is 4.82. The van der Waals surface area contributed by atoms with Gasteiger partial charge in [-0.2, -0.15) is 0 Å². The summed E-state index contributed by atoms with van der Waals surface area (Å²) < 4.78 is 5.62. The normalized spacial score (nSPS) is 24.1. The highest BCUT2D eigenvalue weighted by Gasteiger charge is 2.36. The molecule has 1 aliphatic carbocycles. The maximum Gasteiger partial charge on any atom is 0.317 e. The molecular weight excluding hydrogens is 338 g/mol. The number of rotatable bonds is 7. The van der Waals surface area contributed by atoms with E-state index in [0.717, 1.165) is 0 Å². The van der Waals surface area contributed by atoms with Crippen LogP contribution in [0.4, 0.5) is 5.69 Å². The Bertz CT molecular complexity index is 702. The summed E-state index contributed by atoms with van der Waals surface area (Å²) in [6.07, 6.45) is 0.536. The molecule has 0 aromatic heterocycles. The number of benzene rings is 1. The van der Waals surface area contributed by atoms with Crippen LogP contribution in [-0.4, -0.2) is 59.1 Å². The average molecular weight is 361 g/mol. The number of nitrogens with zero attached hydrogens (tertiary/aromatic N) is 1. The molecule has 140 valence electrons. The predicted molar refractivity (Wildman–Crippen MR) is 93.9 cm³/mol. The van der Waals surface area contributed by atoms with E-state index in [4.69, 9.17) is 9.84 Å². The van der Waals surface area contributed by atoms with Gasteiger partial charge in [0.2, 0.25) is 5.91 Å². The standard InChI is InChI=1S/C18H23N3O5/c1-2-21(10-17(23)24)12-7-11(8-12)19-16(22)9-15-18(25)20-13-5-3-4-6-14(13)26-15/h3-6,11-12,15H,2,7-10H2,1H3,(H,19,22)(H,20,25)(H,23,24). The first kappa shape index (κ1) is 18.2. The lowest BCUT2D eigenvalue weighted by molar-refractivity contribution is -0.140. The monoisotopic (exact) mass is 361 g/mol. The molecule has 1 saturated carbocycles. The molecule has 0 saturated heterocycles. The van der Waals surface area contributed by atoms with E-state index in [1.54, 1.807) is 24.3 Å². The van der Waals surface area contributed by atoms with Gasteiger partial charge in [-0.05, 0) is 31.5 Å². The second-order valence-electron chi connectivity index (χ2n) is 6.64. The molecule has 26 heavy (non-hydrogen) atoms. The third-order valence-corrected chi connectivity index (χ3v) is 4.82. The van der Waals surface area contributed by atoms with Crippen molar-refractivity contribution in [1.82, 2.24) is 10.2 Å². The number of likely N-dealkylation sites (N-methyl/N-ethyl adjacent to an activating group) is 1. The minimum atomic E-state index is -0.847. The number of carboxylic acids is 1. The number of amides is 2. The topological polar surface area (TPSA) is 108 Å². The van der Waals surface area contributed by atoms with Crippen molar-refractivity contribution < 1.29 is 24.2 Å². The highest BCUT2D eigenvalue weighted by molar-refractivity contribution is 5.99. The molecule has 2 amide bonds. The highest BCUT2D eigenvalue weighted by atomic mass is 16.5. The quantitative estimate of drug-likeness (QED) is 0.664. The number of carbonyl (C=O) groups excluding carboxylic acids is 2. The first-order valence-corrected chi connectivity index (χ1v) is 8.78. The maximum atomic E-state index is 12.2. The van der Waals surface area contributed by atoms with Crippen molar-refractivity contribution in [3.8, 4) is 5.75 Å². The predicted octanol–water partition coefficient (Wildman–Crippen LogP) is 0.830. The molecule has 1 fully saturated rings. The Morgan fingerprint density at radius 1 is 1.35 bits per heavy atom. The largest absolute Gasteiger partial charge is 0.480 e. The summed E-state index contributed by atoms with van der Waals surface area (Å²) >= 11 is 0. The summed E-state index contributed by atoms with van der Waals surface area (Å²) in [5, 5.41) is 14.5. The fourth-order valence-electron chi connectivity index (χ4n) is 3.36. The van der Waals surface area contributed by atoms with Crippen LogP contribution < -0.4 is 15.4 Å². The van der Waals surface area contributed by atoms with Gasteiger partial charge in [0.25, 0.3) is 5.91 Å². The minimum absolute atomic E-state index is 0.00860. The second kappa shape index (κ2) is 7.74. The Kier molecular flexibility index (Phi) is 5.41.